The number of fused-ring (bicyclic) bond motifs is 2. The van der Waals surface area contributed by atoms with E-state index in [4.69, 9.17) is 4.74 Å². The molecule has 4 heteroatoms. The summed E-state index contributed by atoms with van der Waals surface area (Å²) in [5, 5.41) is 3.72. The molecule has 0 aliphatic carbocycles. The van der Waals surface area contributed by atoms with E-state index < -0.39 is 0 Å². The smallest absolute Gasteiger partial charge is 0.212 e. The van der Waals surface area contributed by atoms with Crippen LogP contribution in [0.15, 0.2) is 18.3 Å². The summed E-state index contributed by atoms with van der Waals surface area (Å²) >= 11 is 0. The third-order valence-electron chi connectivity index (χ3n) is 4.76. The largest absolute Gasteiger partial charge is 0.481 e. The van der Waals surface area contributed by atoms with Crippen LogP contribution < -0.4 is 10.1 Å². The van der Waals surface area contributed by atoms with E-state index in [1.165, 1.54) is 31.2 Å². The molecule has 2 saturated heterocycles. The summed E-state index contributed by atoms with van der Waals surface area (Å²) < 4.78 is 5.12. The minimum Gasteiger partial charge on any atom is -0.481 e. The molecule has 2 aliphatic heterocycles. The predicted molar refractivity (Wildman–Crippen MR) is 79.8 cm³/mol. The Balaban J connectivity index is 1.64. The van der Waals surface area contributed by atoms with Crippen molar-refractivity contribution in [2.45, 2.75) is 57.3 Å². The van der Waals surface area contributed by atoms with E-state index in [0.29, 0.717) is 5.88 Å². The number of pyridine rings is 1. The van der Waals surface area contributed by atoms with E-state index in [1.807, 2.05) is 12.3 Å². The van der Waals surface area contributed by atoms with Crippen LogP contribution in [0.4, 0.5) is 0 Å². The number of nitrogens with zero attached hydrogens (tertiary/aromatic N) is 2. The fourth-order valence-corrected chi connectivity index (χ4v) is 3.68. The maximum absolute atomic E-state index is 5.12. The van der Waals surface area contributed by atoms with Crippen LogP contribution >= 0.6 is 0 Å². The average Bonchev–Trinajstić information content (AvgIpc) is 2.83. The van der Waals surface area contributed by atoms with E-state index in [2.05, 4.69) is 28.2 Å². The van der Waals surface area contributed by atoms with Crippen LogP contribution in [0, 0.1) is 0 Å². The summed E-state index contributed by atoms with van der Waals surface area (Å²) in [5.41, 5.74) is 1.28. The van der Waals surface area contributed by atoms with Crippen molar-refractivity contribution < 1.29 is 4.74 Å². The number of aromatic nitrogens is 1. The first-order valence-electron chi connectivity index (χ1n) is 7.77. The van der Waals surface area contributed by atoms with Crippen LogP contribution in [0.2, 0.25) is 0 Å². The number of hydrogen-bond acceptors (Lipinski definition) is 4. The van der Waals surface area contributed by atoms with Gasteiger partial charge in [-0.15, -0.1) is 0 Å². The molecule has 2 unspecified atom stereocenters. The van der Waals surface area contributed by atoms with Gasteiger partial charge < -0.3 is 10.1 Å². The lowest BCUT2D eigenvalue weighted by Crippen LogP contribution is -2.47. The lowest BCUT2D eigenvalue weighted by atomic mass is 9.97. The zero-order valence-corrected chi connectivity index (χ0v) is 12.5. The van der Waals surface area contributed by atoms with Crippen LogP contribution in [0.1, 0.15) is 38.2 Å². The van der Waals surface area contributed by atoms with Crippen molar-refractivity contribution in [1.29, 1.82) is 0 Å². The molecule has 2 bridgehead atoms. The van der Waals surface area contributed by atoms with Crippen molar-refractivity contribution in [2.75, 3.05) is 13.7 Å². The Bertz CT molecular complexity index is 422. The molecule has 4 nitrogen and oxygen atoms in total. The summed E-state index contributed by atoms with van der Waals surface area (Å²) in [6.07, 6.45) is 7.27. The van der Waals surface area contributed by atoms with E-state index in [0.717, 1.165) is 31.2 Å². The second-order valence-electron chi connectivity index (χ2n) is 6.03. The van der Waals surface area contributed by atoms with Crippen molar-refractivity contribution in [3.05, 3.63) is 23.9 Å². The van der Waals surface area contributed by atoms with Gasteiger partial charge in [0, 0.05) is 36.9 Å². The zero-order chi connectivity index (χ0) is 13.9. The third-order valence-corrected chi connectivity index (χ3v) is 4.76. The van der Waals surface area contributed by atoms with Crippen LogP contribution in [0.25, 0.3) is 0 Å². The first kappa shape index (κ1) is 13.8. The predicted octanol–water partition coefficient (Wildman–Crippen LogP) is 2.20. The number of nitrogens with one attached hydrogen (secondary N) is 1. The van der Waals surface area contributed by atoms with Gasteiger partial charge in [-0.05, 0) is 37.8 Å². The SMILES string of the molecule is CCN(Cc1ccc(OC)nc1)C1CC2CCC(C1)N2. The van der Waals surface area contributed by atoms with Crippen molar-refractivity contribution in [3.8, 4) is 5.88 Å². The monoisotopic (exact) mass is 275 g/mol. The molecule has 0 spiro atoms. The lowest BCUT2D eigenvalue weighted by molar-refractivity contribution is 0.140. The van der Waals surface area contributed by atoms with Crippen LogP contribution in [-0.2, 0) is 6.54 Å². The standard InChI is InChI=1S/C16H25N3O/c1-3-19(11-12-4-7-16(20-2)17-10-12)15-8-13-5-6-14(9-15)18-13/h4,7,10,13-15,18H,3,5-6,8-9,11H2,1-2H3. The summed E-state index contributed by atoms with van der Waals surface area (Å²) in [4.78, 5) is 6.92. The maximum Gasteiger partial charge on any atom is 0.212 e. The van der Waals surface area contributed by atoms with Crippen molar-refractivity contribution in [3.63, 3.8) is 0 Å². The highest BCUT2D eigenvalue weighted by molar-refractivity contribution is 5.17. The molecule has 0 radical (unpaired) electrons. The van der Waals surface area contributed by atoms with E-state index in [9.17, 15) is 0 Å². The van der Waals surface area contributed by atoms with Crippen molar-refractivity contribution in [1.82, 2.24) is 15.2 Å². The molecule has 0 aromatic carbocycles. The first-order chi connectivity index (χ1) is 9.78. The minimum atomic E-state index is 0.691. The van der Waals surface area contributed by atoms with Gasteiger partial charge in [-0.25, -0.2) is 4.98 Å². The third kappa shape index (κ3) is 2.96. The van der Waals surface area contributed by atoms with Gasteiger partial charge in [0.1, 0.15) is 0 Å². The molecule has 20 heavy (non-hydrogen) atoms. The molecule has 1 aromatic heterocycles. The topological polar surface area (TPSA) is 37.4 Å². The molecule has 110 valence electrons. The molecule has 3 rings (SSSR count). The van der Waals surface area contributed by atoms with Crippen molar-refractivity contribution >= 4 is 0 Å². The number of ether oxygens (including phenoxy) is 1. The number of methoxy groups -OCH3 is 1. The Morgan fingerprint density at radius 1 is 1.30 bits per heavy atom. The number of piperidine rings is 1. The Kier molecular flexibility index (Phi) is 4.22. The lowest BCUT2D eigenvalue weighted by Gasteiger charge is -2.37. The normalized spacial score (nSPS) is 28.9. The molecular formula is C16H25N3O. The molecule has 2 aliphatic rings. The molecule has 1 N–H and O–H groups in total. The Morgan fingerprint density at radius 2 is 2.05 bits per heavy atom. The van der Waals surface area contributed by atoms with Crippen LogP contribution in [0.3, 0.4) is 0 Å². The minimum absolute atomic E-state index is 0.691. The Labute approximate surface area is 121 Å². The van der Waals surface area contributed by atoms with E-state index in [1.54, 1.807) is 7.11 Å². The van der Waals surface area contributed by atoms with Gasteiger partial charge in [0.2, 0.25) is 5.88 Å². The zero-order valence-electron chi connectivity index (χ0n) is 12.5. The molecule has 1 aromatic rings. The van der Waals surface area contributed by atoms with E-state index in [-0.39, 0.29) is 0 Å². The van der Waals surface area contributed by atoms with Gasteiger partial charge in [0.15, 0.2) is 0 Å². The highest BCUT2D eigenvalue weighted by Crippen LogP contribution is 2.30. The molecule has 0 saturated carbocycles. The summed E-state index contributed by atoms with van der Waals surface area (Å²) in [6.45, 7) is 4.37. The summed E-state index contributed by atoms with van der Waals surface area (Å²) in [7, 11) is 1.66. The van der Waals surface area contributed by atoms with E-state index >= 15 is 0 Å². The molecule has 2 fully saturated rings. The number of rotatable bonds is 5. The average molecular weight is 275 g/mol. The van der Waals surface area contributed by atoms with Gasteiger partial charge in [0.25, 0.3) is 0 Å². The van der Waals surface area contributed by atoms with Crippen molar-refractivity contribution in [2.24, 2.45) is 0 Å². The van der Waals surface area contributed by atoms with Gasteiger partial charge in [0.05, 0.1) is 7.11 Å². The maximum atomic E-state index is 5.12. The fourth-order valence-electron chi connectivity index (χ4n) is 3.68. The Hall–Kier alpha value is -1.13. The summed E-state index contributed by atoms with van der Waals surface area (Å²) in [6, 6.07) is 6.31. The second-order valence-corrected chi connectivity index (χ2v) is 6.03. The highest BCUT2D eigenvalue weighted by atomic mass is 16.5. The Morgan fingerprint density at radius 3 is 2.60 bits per heavy atom. The quantitative estimate of drug-likeness (QED) is 0.894. The molecular weight excluding hydrogens is 250 g/mol. The molecule has 3 heterocycles. The van der Waals surface area contributed by atoms with Gasteiger partial charge in [-0.3, -0.25) is 4.90 Å². The van der Waals surface area contributed by atoms with Crippen LogP contribution in [0.5, 0.6) is 5.88 Å². The fraction of sp³-hybridized carbons (Fsp3) is 0.688. The van der Waals surface area contributed by atoms with Gasteiger partial charge in [-0.1, -0.05) is 13.0 Å². The number of hydrogen-bond donors (Lipinski definition) is 1. The highest BCUT2D eigenvalue weighted by Gasteiger charge is 2.35. The van der Waals surface area contributed by atoms with Gasteiger partial charge >= 0.3 is 0 Å². The van der Waals surface area contributed by atoms with Gasteiger partial charge in [-0.2, -0.15) is 0 Å². The molecule has 0 amide bonds. The first-order valence-corrected chi connectivity index (χ1v) is 7.77. The summed E-state index contributed by atoms with van der Waals surface area (Å²) in [5.74, 6) is 0.691. The second kappa shape index (κ2) is 6.10. The molecule has 2 atom stereocenters. The van der Waals surface area contributed by atoms with Crippen LogP contribution in [-0.4, -0.2) is 41.7 Å².